The zero-order valence-corrected chi connectivity index (χ0v) is 13.2. The molecule has 0 radical (unpaired) electrons. The third kappa shape index (κ3) is 3.96. The Kier molecular flexibility index (Phi) is 4.90. The van der Waals surface area contributed by atoms with Crippen LogP contribution in [-0.4, -0.2) is 35.5 Å². The van der Waals surface area contributed by atoms with Crippen molar-refractivity contribution in [1.29, 1.82) is 0 Å². The lowest BCUT2D eigenvalue weighted by atomic mass is 9.95. The Morgan fingerprint density at radius 2 is 2.00 bits per heavy atom. The molecule has 0 spiro atoms. The molecule has 0 atom stereocenters. The third-order valence-electron chi connectivity index (χ3n) is 3.99. The van der Waals surface area contributed by atoms with E-state index in [4.69, 9.17) is 5.73 Å². The van der Waals surface area contributed by atoms with Crippen molar-refractivity contribution in [1.82, 2.24) is 14.5 Å². The predicted octanol–water partition coefficient (Wildman–Crippen LogP) is 0.849. The SMILES string of the molecule is CCn1cc(S(=O)(=O)NCC2(O)CCCCCC2)c(N)n1. The standard InChI is InChI=1S/C13H24N4O3S/c1-2-17-9-11(12(14)16-17)21(19,20)15-10-13(18)7-5-3-4-6-8-13/h9,15,18H,2-8,10H2,1H3,(H2,14,16). The van der Waals surface area contributed by atoms with Gasteiger partial charge in [0.25, 0.3) is 0 Å². The van der Waals surface area contributed by atoms with Crippen LogP contribution in [0.3, 0.4) is 0 Å². The van der Waals surface area contributed by atoms with Gasteiger partial charge in [0.05, 0.1) is 5.60 Å². The number of aryl methyl sites for hydroxylation is 1. The highest BCUT2D eigenvalue weighted by Gasteiger charge is 2.31. The summed E-state index contributed by atoms with van der Waals surface area (Å²) in [4.78, 5) is -0.0263. The van der Waals surface area contributed by atoms with Gasteiger partial charge in [0.1, 0.15) is 4.90 Å². The van der Waals surface area contributed by atoms with E-state index in [0.717, 1.165) is 25.7 Å². The first kappa shape index (κ1) is 16.3. The van der Waals surface area contributed by atoms with Crippen LogP contribution in [-0.2, 0) is 16.6 Å². The number of nitrogens with two attached hydrogens (primary N) is 1. The molecule has 0 saturated heterocycles. The van der Waals surface area contributed by atoms with Crippen LogP contribution in [0.15, 0.2) is 11.1 Å². The molecule has 1 heterocycles. The molecule has 21 heavy (non-hydrogen) atoms. The van der Waals surface area contributed by atoms with Crippen molar-refractivity contribution >= 4 is 15.8 Å². The maximum Gasteiger partial charge on any atom is 0.245 e. The Balaban J connectivity index is 2.08. The van der Waals surface area contributed by atoms with Crippen molar-refractivity contribution in [3.63, 3.8) is 0 Å². The highest BCUT2D eigenvalue weighted by Crippen LogP contribution is 2.27. The molecule has 7 nitrogen and oxygen atoms in total. The van der Waals surface area contributed by atoms with Crippen LogP contribution < -0.4 is 10.5 Å². The van der Waals surface area contributed by atoms with Gasteiger partial charge < -0.3 is 10.8 Å². The van der Waals surface area contributed by atoms with Gasteiger partial charge in [-0.15, -0.1) is 0 Å². The second-order valence-electron chi connectivity index (χ2n) is 5.70. The number of anilines is 1. The molecular weight excluding hydrogens is 292 g/mol. The molecule has 2 rings (SSSR count). The summed E-state index contributed by atoms with van der Waals surface area (Å²) in [5.74, 6) is -0.0165. The second-order valence-corrected chi connectivity index (χ2v) is 7.43. The Bertz CT molecular complexity index is 574. The molecular formula is C13H24N4O3S. The van der Waals surface area contributed by atoms with Crippen LogP contribution in [0.4, 0.5) is 5.82 Å². The summed E-state index contributed by atoms with van der Waals surface area (Å²) in [5, 5.41) is 14.4. The molecule has 1 fully saturated rings. The van der Waals surface area contributed by atoms with Crippen molar-refractivity contribution < 1.29 is 13.5 Å². The average molecular weight is 316 g/mol. The Morgan fingerprint density at radius 3 is 2.52 bits per heavy atom. The minimum absolute atomic E-state index is 0.0165. The smallest absolute Gasteiger partial charge is 0.245 e. The molecule has 1 aromatic rings. The summed E-state index contributed by atoms with van der Waals surface area (Å²) in [6, 6.07) is 0. The zero-order valence-electron chi connectivity index (χ0n) is 12.4. The summed E-state index contributed by atoms with van der Waals surface area (Å²) in [6.07, 6.45) is 6.69. The van der Waals surface area contributed by atoms with Crippen LogP contribution in [0.2, 0.25) is 0 Å². The number of rotatable bonds is 5. The molecule has 0 amide bonds. The van der Waals surface area contributed by atoms with E-state index in [1.165, 1.54) is 10.9 Å². The first-order valence-electron chi connectivity index (χ1n) is 7.41. The molecule has 1 aliphatic rings. The van der Waals surface area contributed by atoms with E-state index >= 15 is 0 Å². The maximum absolute atomic E-state index is 12.3. The van der Waals surface area contributed by atoms with E-state index in [2.05, 4.69) is 9.82 Å². The van der Waals surface area contributed by atoms with Crippen LogP contribution in [0.5, 0.6) is 0 Å². The zero-order chi connectivity index (χ0) is 15.5. The van der Waals surface area contributed by atoms with Gasteiger partial charge in [0.2, 0.25) is 10.0 Å². The lowest BCUT2D eigenvalue weighted by Gasteiger charge is -2.26. The summed E-state index contributed by atoms with van der Waals surface area (Å²) < 4.78 is 28.6. The summed E-state index contributed by atoms with van der Waals surface area (Å²) in [5.41, 5.74) is 4.70. The Morgan fingerprint density at radius 1 is 1.38 bits per heavy atom. The van der Waals surface area contributed by atoms with Gasteiger partial charge in [-0.05, 0) is 19.8 Å². The Labute approximate surface area is 125 Å². The number of nitrogens with zero attached hydrogens (tertiary/aromatic N) is 2. The van der Waals surface area contributed by atoms with Crippen LogP contribution in [0.1, 0.15) is 45.4 Å². The second kappa shape index (κ2) is 6.33. The van der Waals surface area contributed by atoms with Crippen LogP contribution in [0.25, 0.3) is 0 Å². The van der Waals surface area contributed by atoms with Gasteiger partial charge >= 0.3 is 0 Å². The number of aromatic nitrogens is 2. The molecule has 0 aliphatic heterocycles. The minimum atomic E-state index is -3.75. The lowest BCUT2D eigenvalue weighted by molar-refractivity contribution is 0.0303. The molecule has 8 heteroatoms. The van der Waals surface area contributed by atoms with Gasteiger partial charge in [-0.1, -0.05) is 25.7 Å². The molecule has 1 aliphatic carbocycles. The summed E-state index contributed by atoms with van der Waals surface area (Å²) >= 11 is 0. The molecule has 1 saturated carbocycles. The average Bonchev–Trinajstić information content (AvgIpc) is 2.69. The van der Waals surface area contributed by atoms with E-state index in [9.17, 15) is 13.5 Å². The third-order valence-corrected chi connectivity index (χ3v) is 5.41. The number of sulfonamides is 1. The molecule has 0 aromatic carbocycles. The maximum atomic E-state index is 12.3. The first-order valence-corrected chi connectivity index (χ1v) is 8.90. The number of nitrogen functional groups attached to an aromatic ring is 1. The Hall–Kier alpha value is -1.12. The fourth-order valence-electron chi connectivity index (χ4n) is 2.66. The number of hydrogen-bond donors (Lipinski definition) is 3. The number of nitrogens with one attached hydrogen (secondary N) is 1. The van der Waals surface area contributed by atoms with Gasteiger partial charge in [0, 0.05) is 19.3 Å². The molecule has 120 valence electrons. The van der Waals surface area contributed by atoms with Crippen LogP contribution >= 0.6 is 0 Å². The van der Waals surface area contributed by atoms with E-state index in [1.807, 2.05) is 6.92 Å². The van der Waals surface area contributed by atoms with Gasteiger partial charge in [-0.2, -0.15) is 5.10 Å². The van der Waals surface area contributed by atoms with Gasteiger partial charge in [-0.25, -0.2) is 13.1 Å². The normalized spacial score (nSPS) is 19.3. The topological polar surface area (TPSA) is 110 Å². The fraction of sp³-hybridized carbons (Fsp3) is 0.769. The summed E-state index contributed by atoms with van der Waals surface area (Å²) in [6.45, 7) is 2.42. The summed E-state index contributed by atoms with van der Waals surface area (Å²) in [7, 11) is -3.75. The largest absolute Gasteiger partial charge is 0.389 e. The predicted molar refractivity (Wildman–Crippen MR) is 80.2 cm³/mol. The van der Waals surface area contributed by atoms with E-state index in [-0.39, 0.29) is 17.3 Å². The van der Waals surface area contributed by atoms with E-state index in [0.29, 0.717) is 19.4 Å². The highest BCUT2D eigenvalue weighted by molar-refractivity contribution is 7.89. The van der Waals surface area contributed by atoms with Crippen molar-refractivity contribution in [3.8, 4) is 0 Å². The number of hydrogen-bond acceptors (Lipinski definition) is 5. The lowest BCUT2D eigenvalue weighted by Crippen LogP contribution is -2.42. The van der Waals surface area contributed by atoms with E-state index in [1.54, 1.807) is 0 Å². The van der Waals surface area contributed by atoms with Crippen LogP contribution in [0, 0.1) is 0 Å². The van der Waals surface area contributed by atoms with Crippen molar-refractivity contribution in [2.75, 3.05) is 12.3 Å². The van der Waals surface area contributed by atoms with E-state index < -0.39 is 15.6 Å². The molecule has 1 aromatic heterocycles. The minimum Gasteiger partial charge on any atom is -0.389 e. The quantitative estimate of drug-likeness (QED) is 0.698. The van der Waals surface area contributed by atoms with Crippen molar-refractivity contribution in [3.05, 3.63) is 6.20 Å². The number of aliphatic hydroxyl groups is 1. The van der Waals surface area contributed by atoms with Gasteiger partial charge in [-0.3, -0.25) is 4.68 Å². The fourth-order valence-corrected chi connectivity index (χ4v) is 3.85. The monoisotopic (exact) mass is 316 g/mol. The highest BCUT2D eigenvalue weighted by atomic mass is 32.2. The molecule has 0 bridgehead atoms. The first-order chi connectivity index (χ1) is 9.86. The van der Waals surface area contributed by atoms with Crippen molar-refractivity contribution in [2.24, 2.45) is 0 Å². The van der Waals surface area contributed by atoms with Crippen molar-refractivity contribution in [2.45, 2.75) is 62.5 Å². The molecule has 0 unspecified atom stereocenters. The van der Waals surface area contributed by atoms with Gasteiger partial charge in [0.15, 0.2) is 5.82 Å². The molecule has 4 N–H and O–H groups in total.